The first-order valence-corrected chi connectivity index (χ1v) is 10.6. The highest BCUT2D eigenvalue weighted by atomic mass is 32.1. The van der Waals surface area contributed by atoms with Crippen LogP contribution < -0.4 is 10.1 Å². The van der Waals surface area contributed by atoms with Crippen LogP contribution in [0, 0.1) is 6.92 Å². The lowest BCUT2D eigenvalue weighted by Crippen LogP contribution is -2.14. The number of nitrogens with zero attached hydrogens (tertiary/aromatic N) is 3. The van der Waals surface area contributed by atoms with Crippen molar-refractivity contribution >= 4 is 32.7 Å². The van der Waals surface area contributed by atoms with Gasteiger partial charge in [-0.3, -0.25) is 15.1 Å². The number of amides is 1. The molecule has 0 bridgehead atoms. The molecule has 3 aromatic heterocycles. The Labute approximate surface area is 178 Å². The third kappa shape index (κ3) is 3.52. The molecule has 1 amide bonds. The van der Waals surface area contributed by atoms with Crippen LogP contribution in [0.1, 0.15) is 40.4 Å². The van der Waals surface area contributed by atoms with Gasteiger partial charge in [-0.15, -0.1) is 0 Å². The molecule has 150 valence electrons. The summed E-state index contributed by atoms with van der Waals surface area (Å²) in [7, 11) is 1.62. The number of carbonyl (C=O) groups excluding carboxylic acids is 1. The molecule has 1 aromatic carbocycles. The first-order chi connectivity index (χ1) is 14.6. The van der Waals surface area contributed by atoms with Gasteiger partial charge in [0.1, 0.15) is 5.75 Å². The van der Waals surface area contributed by atoms with E-state index in [1.807, 2.05) is 43.5 Å². The number of para-hydroxylation sites is 1. The van der Waals surface area contributed by atoms with Gasteiger partial charge in [0.2, 0.25) is 0 Å². The second-order valence-corrected chi connectivity index (χ2v) is 8.44. The highest BCUT2D eigenvalue weighted by molar-refractivity contribution is 7.22. The van der Waals surface area contributed by atoms with Gasteiger partial charge in [-0.05, 0) is 49.4 Å². The Morgan fingerprint density at radius 2 is 1.97 bits per heavy atom. The zero-order valence-electron chi connectivity index (χ0n) is 16.7. The number of benzene rings is 1. The zero-order valence-corrected chi connectivity index (χ0v) is 17.5. The predicted octanol–water partition coefficient (Wildman–Crippen LogP) is 5.20. The summed E-state index contributed by atoms with van der Waals surface area (Å²) in [5.74, 6) is 1.07. The molecule has 1 N–H and O–H groups in total. The minimum Gasteiger partial charge on any atom is -0.496 e. The van der Waals surface area contributed by atoms with Crippen molar-refractivity contribution < 1.29 is 9.53 Å². The Bertz CT molecular complexity index is 1260. The summed E-state index contributed by atoms with van der Waals surface area (Å²) in [6.45, 7) is 1.90. The first-order valence-electron chi connectivity index (χ1n) is 9.80. The molecule has 1 aliphatic rings. The summed E-state index contributed by atoms with van der Waals surface area (Å²) in [6.07, 6.45) is 5.95. The van der Waals surface area contributed by atoms with Gasteiger partial charge in [0.05, 0.1) is 17.4 Å². The number of carbonyl (C=O) groups is 1. The van der Waals surface area contributed by atoms with Crippen LogP contribution in [-0.2, 0) is 0 Å². The molecular formula is C23H20N4O2S. The third-order valence-electron chi connectivity index (χ3n) is 5.22. The monoisotopic (exact) mass is 416 g/mol. The fraction of sp³-hybridized carbons (Fsp3) is 0.217. The van der Waals surface area contributed by atoms with E-state index < -0.39 is 0 Å². The van der Waals surface area contributed by atoms with E-state index in [1.165, 1.54) is 29.7 Å². The molecule has 7 heteroatoms. The third-order valence-corrected chi connectivity index (χ3v) is 6.13. The van der Waals surface area contributed by atoms with E-state index in [-0.39, 0.29) is 5.91 Å². The van der Waals surface area contributed by atoms with Gasteiger partial charge in [-0.25, -0.2) is 4.98 Å². The number of hydrogen-bond acceptors (Lipinski definition) is 6. The van der Waals surface area contributed by atoms with Crippen LogP contribution >= 0.6 is 11.3 Å². The summed E-state index contributed by atoms with van der Waals surface area (Å²) in [6, 6.07) is 11.7. The molecule has 0 unspecified atom stereocenters. The van der Waals surface area contributed by atoms with E-state index in [0.29, 0.717) is 28.0 Å². The number of rotatable bonds is 5. The second kappa shape index (κ2) is 7.50. The van der Waals surface area contributed by atoms with Crippen molar-refractivity contribution in [3.63, 3.8) is 0 Å². The fourth-order valence-corrected chi connectivity index (χ4v) is 4.39. The lowest BCUT2D eigenvalue weighted by molar-refractivity contribution is 0.102. The van der Waals surface area contributed by atoms with Crippen LogP contribution in [0.25, 0.3) is 21.5 Å². The normalized spacial score (nSPS) is 13.4. The van der Waals surface area contributed by atoms with E-state index in [4.69, 9.17) is 4.74 Å². The van der Waals surface area contributed by atoms with Crippen molar-refractivity contribution in [3.8, 4) is 16.9 Å². The second-order valence-electron chi connectivity index (χ2n) is 7.41. The molecule has 30 heavy (non-hydrogen) atoms. The number of hydrogen-bond donors (Lipinski definition) is 1. The van der Waals surface area contributed by atoms with Crippen LogP contribution in [0.4, 0.5) is 5.13 Å². The number of nitrogens with one attached hydrogen (secondary N) is 1. The minimum absolute atomic E-state index is 0.259. The number of ether oxygens (including phenoxy) is 1. The molecule has 3 heterocycles. The average Bonchev–Trinajstić information content (AvgIpc) is 3.53. The Morgan fingerprint density at radius 3 is 2.77 bits per heavy atom. The molecule has 0 radical (unpaired) electrons. The van der Waals surface area contributed by atoms with Crippen molar-refractivity contribution in [3.05, 3.63) is 65.6 Å². The van der Waals surface area contributed by atoms with Gasteiger partial charge in [-0.1, -0.05) is 29.5 Å². The summed E-state index contributed by atoms with van der Waals surface area (Å²) >= 11 is 1.44. The molecule has 4 aromatic rings. The maximum absolute atomic E-state index is 13.1. The quantitative estimate of drug-likeness (QED) is 0.484. The summed E-state index contributed by atoms with van der Waals surface area (Å²) in [5, 5.41) is 3.46. The van der Waals surface area contributed by atoms with E-state index in [0.717, 1.165) is 21.5 Å². The lowest BCUT2D eigenvalue weighted by Gasteiger charge is -2.13. The number of methoxy groups -OCH3 is 1. The van der Waals surface area contributed by atoms with Crippen molar-refractivity contribution in [2.45, 2.75) is 25.7 Å². The molecule has 1 saturated carbocycles. The highest BCUT2D eigenvalue weighted by Crippen LogP contribution is 2.41. The maximum Gasteiger partial charge on any atom is 0.259 e. The maximum atomic E-state index is 13.1. The van der Waals surface area contributed by atoms with Crippen LogP contribution in [0.3, 0.4) is 0 Å². The van der Waals surface area contributed by atoms with Crippen LogP contribution in [0.5, 0.6) is 5.75 Å². The molecule has 5 rings (SSSR count). The van der Waals surface area contributed by atoms with Gasteiger partial charge in [0.15, 0.2) is 10.8 Å². The molecular weight excluding hydrogens is 396 g/mol. The van der Waals surface area contributed by atoms with Gasteiger partial charge in [0, 0.05) is 29.2 Å². The van der Waals surface area contributed by atoms with E-state index in [2.05, 4.69) is 26.3 Å². The highest BCUT2D eigenvalue weighted by Gasteiger charge is 2.24. The number of aryl methyl sites for hydroxylation is 1. The number of aromatic nitrogens is 3. The lowest BCUT2D eigenvalue weighted by atomic mass is 9.99. The number of thiazole rings is 1. The number of pyridine rings is 2. The van der Waals surface area contributed by atoms with Gasteiger partial charge >= 0.3 is 0 Å². The first kappa shape index (κ1) is 18.7. The smallest absolute Gasteiger partial charge is 0.259 e. The molecule has 1 fully saturated rings. The largest absolute Gasteiger partial charge is 0.496 e. The summed E-state index contributed by atoms with van der Waals surface area (Å²) in [5.41, 5.74) is 4.82. The Kier molecular flexibility index (Phi) is 4.67. The Hall–Kier alpha value is -3.32. The Balaban J connectivity index is 1.49. The Morgan fingerprint density at radius 1 is 1.13 bits per heavy atom. The molecule has 0 atom stereocenters. The van der Waals surface area contributed by atoms with Gasteiger partial charge < -0.3 is 4.74 Å². The van der Waals surface area contributed by atoms with Crippen molar-refractivity contribution in [2.75, 3.05) is 12.4 Å². The van der Waals surface area contributed by atoms with Crippen molar-refractivity contribution in [1.29, 1.82) is 0 Å². The molecule has 6 nitrogen and oxygen atoms in total. The summed E-state index contributed by atoms with van der Waals surface area (Å²) in [4.78, 5) is 26.4. The molecule has 0 aliphatic heterocycles. The zero-order chi connectivity index (χ0) is 20.7. The van der Waals surface area contributed by atoms with E-state index in [1.54, 1.807) is 13.3 Å². The molecule has 1 aliphatic carbocycles. The number of anilines is 1. The fourth-order valence-electron chi connectivity index (χ4n) is 3.52. The van der Waals surface area contributed by atoms with Crippen molar-refractivity contribution in [1.82, 2.24) is 15.0 Å². The van der Waals surface area contributed by atoms with Gasteiger partial charge in [-0.2, -0.15) is 4.98 Å². The number of fused-ring (bicyclic) bond motifs is 1. The van der Waals surface area contributed by atoms with E-state index in [9.17, 15) is 4.79 Å². The predicted molar refractivity (Wildman–Crippen MR) is 118 cm³/mol. The van der Waals surface area contributed by atoms with Crippen LogP contribution in [0.15, 0.2) is 48.8 Å². The average molecular weight is 417 g/mol. The standard InChI is InChI=1S/C23H20N4O2S/c1-13-9-17(16-5-3-4-6-19(16)29-2)18(12-24-13)22(28)27-23-26-21-20(30-23)10-15(11-25-21)14-7-8-14/h3-6,9-12,14H,7-8H2,1-2H3,(H,25,26,27,28). The van der Waals surface area contributed by atoms with Crippen LogP contribution in [0.2, 0.25) is 0 Å². The topological polar surface area (TPSA) is 77.0 Å². The van der Waals surface area contributed by atoms with Gasteiger partial charge in [0.25, 0.3) is 5.91 Å². The molecule has 0 spiro atoms. The van der Waals surface area contributed by atoms with Crippen molar-refractivity contribution in [2.24, 2.45) is 0 Å². The SMILES string of the molecule is COc1ccccc1-c1cc(C)ncc1C(=O)Nc1nc2ncc(C3CC3)cc2s1. The summed E-state index contributed by atoms with van der Waals surface area (Å²) < 4.78 is 6.49. The van der Waals surface area contributed by atoms with E-state index >= 15 is 0 Å². The van der Waals surface area contributed by atoms with Crippen LogP contribution in [-0.4, -0.2) is 28.0 Å². The molecule has 0 saturated heterocycles. The minimum atomic E-state index is -0.259.